The highest BCUT2D eigenvalue weighted by Crippen LogP contribution is 2.22. The zero-order chi connectivity index (χ0) is 25.6. The van der Waals surface area contributed by atoms with Crippen molar-refractivity contribution in [1.82, 2.24) is 19.8 Å². The zero-order valence-corrected chi connectivity index (χ0v) is 22.0. The molecule has 7 heteroatoms. The first-order chi connectivity index (χ1) is 18.1. The topological polar surface area (TPSA) is 70.5 Å². The molecule has 3 heterocycles. The molecule has 2 aliphatic heterocycles. The molecule has 1 aromatic heterocycles. The van der Waals surface area contributed by atoms with Crippen LogP contribution in [0.2, 0.25) is 0 Å². The standard InChI is InChI=1S/C30H39N5O2/c1-23-10-12-24(13-11-23)22-35-27-9-4-3-8-26(27)32-28(30(35)37)34-20-14-25(15-21-34)29(36)31-16-7-19-33-17-5-2-6-18-33/h3-4,8-13,25H,2,5-7,14-22H2,1H3,(H,31,36). The number of anilines is 1. The van der Waals surface area contributed by atoms with Gasteiger partial charge in [-0.3, -0.25) is 14.2 Å². The van der Waals surface area contributed by atoms with Crippen LogP contribution in [0.1, 0.15) is 49.7 Å². The number of para-hydroxylation sites is 2. The van der Waals surface area contributed by atoms with Crippen molar-refractivity contribution < 1.29 is 4.79 Å². The van der Waals surface area contributed by atoms with Crippen molar-refractivity contribution >= 4 is 22.8 Å². The van der Waals surface area contributed by atoms with Gasteiger partial charge in [0.25, 0.3) is 5.56 Å². The third-order valence-corrected chi connectivity index (χ3v) is 7.86. The first kappa shape index (κ1) is 25.5. The van der Waals surface area contributed by atoms with Gasteiger partial charge in [-0.2, -0.15) is 0 Å². The summed E-state index contributed by atoms with van der Waals surface area (Å²) in [6, 6.07) is 16.1. The van der Waals surface area contributed by atoms with E-state index in [2.05, 4.69) is 46.3 Å². The van der Waals surface area contributed by atoms with Crippen LogP contribution in [0, 0.1) is 12.8 Å². The van der Waals surface area contributed by atoms with E-state index in [1.807, 2.05) is 28.8 Å². The third-order valence-electron chi connectivity index (χ3n) is 7.86. The summed E-state index contributed by atoms with van der Waals surface area (Å²) < 4.78 is 1.84. The van der Waals surface area contributed by atoms with Gasteiger partial charge in [0, 0.05) is 25.6 Å². The van der Waals surface area contributed by atoms with Gasteiger partial charge >= 0.3 is 0 Å². The van der Waals surface area contributed by atoms with Crippen LogP contribution in [0.15, 0.2) is 53.3 Å². The van der Waals surface area contributed by atoms with Crippen molar-refractivity contribution in [2.45, 2.75) is 52.0 Å². The smallest absolute Gasteiger partial charge is 0.294 e. The fourth-order valence-electron chi connectivity index (χ4n) is 5.61. The maximum Gasteiger partial charge on any atom is 0.294 e. The monoisotopic (exact) mass is 501 g/mol. The highest BCUT2D eigenvalue weighted by Gasteiger charge is 2.27. The summed E-state index contributed by atoms with van der Waals surface area (Å²) in [5, 5.41) is 3.16. The van der Waals surface area contributed by atoms with Crippen LogP contribution in [0.5, 0.6) is 0 Å². The van der Waals surface area contributed by atoms with Crippen molar-refractivity contribution in [2.75, 3.05) is 44.2 Å². The molecule has 0 saturated carbocycles. The number of aryl methyl sites for hydroxylation is 1. The molecule has 0 radical (unpaired) electrons. The SMILES string of the molecule is Cc1ccc(Cn2c(=O)c(N3CCC(C(=O)NCCCN4CCCCC4)CC3)nc3ccccc32)cc1. The summed E-state index contributed by atoms with van der Waals surface area (Å²) in [6.07, 6.45) is 6.43. The van der Waals surface area contributed by atoms with Gasteiger partial charge in [0.2, 0.25) is 5.91 Å². The molecule has 0 spiro atoms. The molecule has 0 unspecified atom stereocenters. The number of fused-ring (bicyclic) bond motifs is 1. The summed E-state index contributed by atoms with van der Waals surface area (Å²) >= 11 is 0. The molecule has 1 amide bonds. The van der Waals surface area contributed by atoms with Gasteiger partial charge in [0.15, 0.2) is 5.82 Å². The molecule has 0 bridgehead atoms. The van der Waals surface area contributed by atoms with Crippen LogP contribution >= 0.6 is 0 Å². The molecule has 5 rings (SSSR count). The van der Waals surface area contributed by atoms with Crippen molar-refractivity contribution in [3.63, 3.8) is 0 Å². The zero-order valence-electron chi connectivity index (χ0n) is 22.0. The van der Waals surface area contributed by atoms with Crippen molar-refractivity contribution in [2.24, 2.45) is 5.92 Å². The number of carbonyl (C=O) groups is 1. The molecule has 2 aliphatic rings. The molecular formula is C30H39N5O2. The number of carbonyl (C=O) groups excluding carboxylic acids is 1. The van der Waals surface area contributed by atoms with E-state index in [4.69, 9.17) is 4.98 Å². The van der Waals surface area contributed by atoms with Crippen molar-refractivity contribution in [1.29, 1.82) is 0 Å². The van der Waals surface area contributed by atoms with Crippen LogP contribution < -0.4 is 15.8 Å². The molecule has 0 atom stereocenters. The van der Waals surface area contributed by atoms with E-state index in [0.717, 1.165) is 48.9 Å². The number of aromatic nitrogens is 2. The number of amides is 1. The Morgan fingerprint density at radius 1 is 0.973 bits per heavy atom. The van der Waals surface area contributed by atoms with E-state index >= 15 is 0 Å². The Balaban J connectivity index is 1.22. The van der Waals surface area contributed by atoms with Gasteiger partial charge in [-0.15, -0.1) is 0 Å². The average molecular weight is 502 g/mol. The molecule has 2 saturated heterocycles. The maximum absolute atomic E-state index is 13.6. The summed E-state index contributed by atoms with van der Waals surface area (Å²) in [4.78, 5) is 35.8. The minimum absolute atomic E-state index is 0.00137. The van der Waals surface area contributed by atoms with Gasteiger partial charge in [-0.1, -0.05) is 48.4 Å². The van der Waals surface area contributed by atoms with E-state index < -0.39 is 0 Å². The number of piperidine rings is 2. The van der Waals surface area contributed by atoms with E-state index in [-0.39, 0.29) is 17.4 Å². The van der Waals surface area contributed by atoms with Gasteiger partial charge in [-0.25, -0.2) is 4.98 Å². The third kappa shape index (κ3) is 6.21. The fraction of sp³-hybridized carbons (Fsp3) is 0.500. The fourth-order valence-corrected chi connectivity index (χ4v) is 5.61. The van der Waals surface area contributed by atoms with Gasteiger partial charge < -0.3 is 15.1 Å². The quantitative estimate of drug-likeness (QED) is 0.473. The summed E-state index contributed by atoms with van der Waals surface area (Å²) in [6.45, 7) is 8.10. The lowest BCUT2D eigenvalue weighted by molar-refractivity contribution is -0.125. The van der Waals surface area contributed by atoms with Crippen LogP contribution in [0.25, 0.3) is 11.0 Å². The Bertz CT molecular complexity index is 1260. The minimum Gasteiger partial charge on any atom is -0.356 e. The number of rotatable bonds is 8. The number of hydrogen-bond acceptors (Lipinski definition) is 5. The Hall–Kier alpha value is -3.19. The number of hydrogen-bond donors (Lipinski definition) is 1. The molecule has 2 aromatic carbocycles. The van der Waals surface area contributed by atoms with Crippen molar-refractivity contribution in [3.8, 4) is 0 Å². The van der Waals surface area contributed by atoms with Gasteiger partial charge in [0.05, 0.1) is 17.6 Å². The number of nitrogens with one attached hydrogen (secondary N) is 1. The van der Waals surface area contributed by atoms with E-state index in [9.17, 15) is 9.59 Å². The average Bonchev–Trinajstić information content (AvgIpc) is 2.94. The lowest BCUT2D eigenvalue weighted by Crippen LogP contribution is -2.43. The lowest BCUT2D eigenvalue weighted by atomic mass is 9.96. The molecular weight excluding hydrogens is 462 g/mol. The second kappa shape index (κ2) is 11.9. The van der Waals surface area contributed by atoms with E-state index in [1.54, 1.807) is 0 Å². The molecule has 0 aliphatic carbocycles. The van der Waals surface area contributed by atoms with E-state index in [0.29, 0.717) is 25.5 Å². The summed E-state index contributed by atoms with van der Waals surface area (Å²) in [5.74, 6) is 0.647. The maximum atomic E-state index is 13.6. The molecule has 2 fully saturated rings. The second-order valence-corrected chi connectivity index (χ2v) is 10.6. The first-order valence-corrected chi connectivity index (χ1v) is 13.9. The predicted molar refractivity (Wildman–Crippen MR) is 149 cm³/mol. The van der Waals surface area contributed by atoms with Gasteiger partial charge in [0.1, 0.15) is 0 Å². The Labute approximate surface area is 219 Å². The first-order valence-electron chi connectivity index (χ1n) is 13.9. The largest absolute Gasteiger partial charge is 0.356 e. The number of nitrogens with zero attached hydrogens (tertiary/aromatic N) is 4. The second-order valence-electron chi connectivity index (χ2n) is 10.6. The highest BCUT2D eigenvalue weighted by molar-refractivity contribution is 5.79. The number of likely N-dealkylation sites (tertiary alicyclic amines) is 1. The molecule has 1 N–H and O–H groups in total. The normalized spacial score (nSPS) is 17.3. The van der Waals surface area contributed by atoms with Crippen LogP contribution in [0.4, 0.5) is 5.82 Å². The molecule has 3 aromatic rings. The summed E-state index contributed by atoms with van der Waals surface area (Å²) in [7, 11) is 0. The number of benzene rings is 2. The van der Waals surface area contributed by atoms with Gasteiger partial charge in [-0.05, 0) is 76.4 Å². The molecule has 7 nitrogen and oxygen atoms in total. The molecule has 196 valence electrons. The highest BCUT2D eigenvalue weighted by atomic mass is 16.2. The van der Waals surface area contributed by atoms with E-state index in [1.165, 1.54) is 37.9 Å². The minimum atomic E-state index is -0.0695. The van der Waals surface area contributed by atoms with Crippen LogP contribution in [-0.2, 0) is 11.3 Å². The van der Waals surface area contributed by atoms with Crippen LogP contribution in [0.3, 0.4) is 0 Å². The Morgan fingerprint density at radius 3 is 2.46 bits per heavy atom. The Kier molecular flexibility index (Phi) is 8.19. The van der Waals surface area contributed by atoms with Crippen LogP contribution in [-0.4, -0.2) is 59.6 Å². The predicted octanol–water partition coefficient (Wildman–Crippen LogP) is 3.96. The summed E-state index contributed by atoms with van der Waals surface area (Å²) in [5.41, 5.74) is 3.88. The Morgan fingerprint density at radius 2 is 1.70 bits per heavy atom. The lowest BCUT2D eigenvalue weighted by Gasteiger charge is -2.32. The molecule has 37 heavy (non-hydrogen) atoms. The van der Waals surface area contributed by atoms with Crippen molar-refractivity contribution in [3.05, 3.63) is 70.0 Å².